The van der Waals surface area contributed by atoms with Crippen molar-refractivity contribution in [2.45, 2.75) is 32.9 Å². The Balaban J connectivity index is 1.43. The van der Waals surface area contributed by atoms with Gasteiger partial charge in [-0.15, -0.1) is 0 Å². The van der Waals surface area contributed by atoms with Crippen molar-refractivity contribution in [3.63, 3.8) is 0 Å². The van der Waals surface area contributed by atoms with E-state index >= 15 is 0 Å². The van der Waals surface area contributed by atoms with Crippen molar-refractivity contribution in [3.8, 4) is 0 Å². The summed E-state index contributed by atoms with van der Waals surface area (Å²) in [6.45, 7) is 4.84. The normalized spacial score (nSPS) is 17.2. The van der Waals surface area contributed by atoms with Gasteiger partial charge in [0.2, 0.25) is 11.8 Å². The van der Waals surface area contributed by atoms with Gasteiger partial charge in [0.15, 0.2) is 5.65 Å². The van der Waals surface area contributed by atoms with E-state index < -0.39 is 0 Å². The van der Waals surface area contributed by atoms with Crippen LogP contribution in [0, 0.1) is 5.92 Å². The van der Waals surface area contributed by atoms with Gasteiger partial charge in [-0.05, 0) is 32.0 Å². The Morgan fingerprint density at radius 3 is 3.00 bits per heavy atom. The van der Waals surface area contributed by atoms with Crippen molar-refractivity contribution >= 4 is 28.5 Å². The second kappa shape index (κ2) is 6.86. The van der Waals surface area contributed by atoms with Crippen LogP contribution in [0.5, 0.6) is 0 Å². The average molecular weight is 367 g/mol. The van der Waals surface area contributed by atoms with Crippen molar-refractivity contribution in [1.29, 1.82) is 0 Å². The predicted molar refractivity (Wildman–Crippen MR) is 98.8 cm³/mol. The maximum absolute atomic E-state index is 12.6. The predicted octanol–water partition coefficient (Wildman–Crippen LogP) is 2.59. The third kappa shape index (κ3) is 3.42. The lowest BCUT2D eigenvalue weighted by Gasteiger charge is -2.15. The number of carbonyl (C=O) groups is 2. The van der Waals surface area contributed by atoms with Crippen LogP contribution in [0.25, 0.3) is 11.0 Å². The molecule has 0 aromatic carbocycles. The molecule has 3 aromatic heterocycles. The molecule has 27 heavy (non-hydrogen) atoms. The van der Waals surface area contributed by atoms with Crippen molar-refractivity contribution in [1.82, 2.24) is 19.7 Å². The summed E-state index contributed by atoms with van der Waals surface area (Å²) in [5, 5.41) is 8.07. The number of amides is 2. The van der Waals surface area contributed by atoms with Gasteiger partial charge in [-0.25, -0.2) is 9.67 Å². The fourth-order valence-electron chi connectivity index (χ4n) is 3.32. The van der Waals surface area contributed by atoms with Gasteiger partial charge < -0.3 is 14.6 Å². The molecule has 0 spiro atoms. The zero-order valence-corrected chi connectivity index (χ0v) is 15.3. The first-order chi connectivity index (χ1) is 13.0. The second-order valence-electron chi connectivity index (χ2n) is 7.06. The highest BCUT2D eigenvalue weighted by Gasteiger charge is 2.34. The van der Waals surface area contributed by atoms with Crippen LogP contribution in [-0.4, -0.2) is 38.0 Å². The van der Waals surface area contributed by atoms with Crippen LogP contribution in [0.3, 0.4) is 0 Å². The lowest BCUT2D eigenvalue weighted by Crippen LogP contribution is -2.27. The molecule has 8 nitrogen and oxygen atoms in total. The largest absolute Gasteiger partial charge is 0.467 e. The molecule has 1 aliphatic heterocycles. The molecule has 3 aromatic rings. The van der Waals surface area contributed by atoms with Crippen molar-refractivity contribution < 1.29 is 14.0 Å². The van der Waals surface area contributed by atoms with E-state index in [0.717, 1.165) is 11.0 Å². The first kappa shape index (κ1) is 17.3. The fraction of sp³-hybridized carbons (Fsp3) is 0.368. The molecular weight excluding hydrogens is 346 g/mol. The Labute approximate surface area is 156 Å². The van der Waals surface area contributed by atoms with Gasteiger partial charge in [0.1, 0.15) is 5.76 Å². The molecule has 1 aliphatic rings. The molecule has 1 saturated heterocycles. The maximum atomic E-state index is 12.6. The third-order valence-electron chi connectivity index (χ3n) is 4.70. The number of carbonyl (C=O) groups excluding carboxylic acids is 2. The highest BCUT2D eigenvalue weighted by molar-refractivity contribution is 5.98. The first-order valence-electron chi connectivity index (χ1n) is 8.95. The summed E-state index contributed by atoms with van der Waals surface area (Å²) in [4.78, 5) is 30.9. The number of fused-ring (bicyclic) bond motifs is 1. The quantitative estimate of drug-likeness (QED) is 0.748. The lowest BCUT2D eigenvalue weighted by atomic mass is 10.1. The van der Waals surface area contributed by atoms with Crippen LogP contribution < -0.4 is 5.32 Å². The molecule has 0 radical (unpaired) electrons. The number of likely N-dealkylation sites (tertiary alicyclic amines) is 1. The topological polar surface area (TPSA) is 93.3 Å². The van der Waals surface area contributed by atoms with E-state index in [-0.39, 0.29) is 30.2 Å². The fourth-order valence-corrected chi connectivity index (χ4v) is 3.32. The Bertz CT molecular complexity index is 977. The minimum Gasteiger partial charge on any atom is -0.467 e. The van der Waals surface area contributed by atoms with Gasteiger partial charge >= 0.3 is 0 Å². The number of nitrogens with zero attached hydrogens (tertiary/aromatic N) is 4. The summed E-state index contributed by atoms with van der Waals surface area (Å²) >= 11 is 0. The molecule has 4 heterocycles. The van der Waals surface area contributed by atoms with Crippen LogP contribution in [-0.2, 0) is 16.1 Å². The number of pyridine rings is 1. The number of furan rings is 1. The summed E-state index contributed by atoms with van der Waals surface area (Å²) in [7, 11) is 0. The maximum Gasteiger partial charge on any atom is 0.229 e. The van der Waals surface area contributed by atoms with Gasteiger partial charge in [0.25, 0.3) is 0 Å². The van der Waals surface area contributed by atoms with Crippen LogP contribution in [0.2, 0.25) is 0 Å². The number of hydrogen-bond donors (Lipinski definition) is 1. The summed E-state index contributed by atoms with van der Waals surface area (Å²) in [6, 6.07) is 5.66. The molecule has 140 valence electrons. The lowest BCUT2D eigenvalue weighted by molar-refractivity contribution is -0.128. The summed E-state index contributed by atoms with van der Waals surface area (Å²) in [6.07, 6.45) is 5.14. The minimum absolute atomic E-state index is 0.0432. The van der Waals surface area contributed by atoms with E-state index in [4.69, 9.17) is 4.42 Å². The molecular formula is C19H21N5O3. The minimum atomic E-state index is -0.387. The highest BCUT2D eigenvalue weighted by Crippen LogP contribution is 2.23. The number of anilines is 1. The van der Waals surface area contributed by atoms with Crippen LogP contribution in [0.4, 0.5) is 5.69 Å². The van der Waals surface area contributed by atoms with Crippen LogP contribution >= 0.6 is 0 Å². The third-order valence-corrected chi connectivity index (χ3v) is 4.70. The molecule has 1 unspecified atom stereocenters. The summed E-state index contributed by atoms with van der Waals surface area (Å²) < 4.78 is 7.12. The number of hydrogen-bond acceptors (Lipinski definition) is 5. The van der Waals surface area contributed by atoms with Crippen LogP contribution in [0.15, 0.2) is 41.3 Å². The van der Waals surface area contributed by atoms with Crippen LogP contribution in [0.1, 0.15) is 32.1 Å². The van der Waals surface area contributed by atoms with Gasteiger partial charge in [0.05, 0.1) is 36.8 Å². The monoisotopic (exact) mass is 367 g/mol. The number of rotatable bonds is 5. The molecule has 0 saturated carbocycles. The van der Waals surface area contributed by atoms with E-state index in [9.17, 15) is 9.59 Å². The van der Waals surface area contributed by atoms with Gasteiger partial charge in [-0.2, -0.15) is 5.10 Å². The average Bonchev–Trinajstić information content (AvgIpc) is 3.35. The SMILES string of the molecule is CC(C)n1ncc2cc(NC(=O)C3CC(=O)N(Cc4ccco4)C3)cnc21. The Hall–Kier alpha value is -3.16. The molecule has 2 amide bonds. The smallest absolute Gasteiger partial charge is 0.229 e. The van der Waals surface area contributed by atoms with E-state index in [0.29, 0.717) is 24.5 Å². The van der Waals surface area contributed by atoms with Crippen molar-refractivity contribution in [3.05, 3.63) is 42.6 Å². The summed E-state index contributed by atoms with van der Waals surface area (Å²) in [5.41, 5.74) is 1.39. The molecule has 8 heteroatoms. The van der Waals surface area contributed by atoms with E-state index in [2.05, 4.69) is 15.4 Å². The number of nitrogens with one attached hydrogen (secondary N) is 1. The van der Waals surface area contributed by atoms with Gasteiger partial charge in [-0.1, -0.05) is 0 Å². The summed E-state index contributed by atoms with van der Waals surface area (Å²) in [5.74, 6) is 0.101. The zero-order chi connectivity index (χ0) is 19.0. The molecule has 0 aliphatic carbocycles. The molecule has 4 rings (SSSR count). The standard InChI is InChI=1S/C19H21N5O3/c1-12(2)24-18-13(8-21-24)6-15(9-20-18)22-19(26)14-7-17(25)23(10-14)11-16-4-3-5-27-16/h3-6,8-9,12,14H,7,10-11H2,1-2H3,(H,22,26). The number of aromatic nitrogens is 3. The molecule has 1 fully saturated rings. The molecule has 0 bridgehead atoms. The Kier molecular flexibility index (Phi) is 4.39. The zero-order valence-electron chi connectivity index (χ0n) is 15.3. The molecule has 1 N–H and O–H groups in total. The molecule has 1 atom stereocenters. The van der Waals surface area contributed by atoms with Gasteiger partial charge in [0, 0.05) is 24.4 Å². The van der Waals surface area contributed by atoms with Gasteiger partial charge in [-0.3, -0.25) is 9.59 Å². The van der Waals surface area contributed by atoms with E-state index in [1.165, 1.54) is 0 Å². The Morgan fingerprint density at radius 1 is 1.41 bits per heavy atom. The second-order valence-corrected chi connectivity index (χ2v) is 7.06. The van der Waals surface area contributed by atoms with Crippen molar-refractivity contribution in [2.75, 3.05) is 11.9 Å². The Morgan fingerprint density at radius 2 is 2.26 bits per heavy atom. The van der Waals surface area contributed by atoms with E-state index in [1.54, 1.807) is 29.6 Å². The van der Waals surface area contributed by atoms with E-state index in [1.807, 2.05) is 30.7 Å². The first-order valence-corrected chi connectivity index (χ1v) is 8.95. The highest BCUT2D eigenvalue weighted by atomic mass is 16.3. The van der Waals surface area contributed by atoms with Crippen molar-refractivity contribution in [2.24, 2.45) is 5.92 Å².